The number of ether oxygens (including phenoxy) is 1. The average Bonchev–Trinajstić information content (AvgIpc) is 3.20. The summed E-state index contributed by atoms with van der Waals surface area (Å²) in [5.74, 6) is 0.901. The van der Waals surface area contributed by atoms with Gasteiger partial charge in [-0.3, -0.25) is 4.90 Å². The Balaban J connectivity index is 1.31. The topological polar surface area (TPSA) is 15.7 Å². The monoisotopic (exact) mass is 534 g/mol. The quantitative estimate of drug-likeness (QED) is 0.216. The first-order chi connectivity index (χ1) is 20.0. The molecule has 0 aliphatic carbocycles. The first-order valence-corrected chi connectivity index (χ1v) is 14.4. The van der Waals surface area contributed by atoms with Crippen molar-refractivity contribution < 1.29 is 4.74 Å². The highest BCUT2D eigenvalue weighted by Crippen LogP contribution is 2.57. The van der Waals surface area contributed by atoms with E-state index >= 15 is 0 Å². The number of anilines is 3. The van der Waals surface area contributed by atoms with Gasteiger partial charge in [0.05, 0.1) is 5.41 Å². The molecule has 5 aromatic carbocycles. The maximum absolute atomic E-state index is 7.25. The SMILES string of the molecule is CC1(C)c2ccccc2N(c2ccccc2)C12C=Cc1ccc(N(Cc3ccccc3)Cc3ccccc3)cc1O2. The van der Waals surface area contributed by atoms with Crippen molar-refractivity contribution in [1.82, 2.24) is 0 Å². The Kier molecular flexibility index (Phi) is 6.16. The van der Waals surface area contributed by atoms with Crippen molar-refractivity contribution in [2.24, 2.45) is 0 Å². The van der Waals surface area contributed by atoms with E-state index in [-0.39, 0.29) is 5.41 Å². The van der Waals surface area contributed by atoms with Crippen molar-refractivity contribution in [2.75, 3.05) is 9.80 Å². The summed E-state index contributed by atoms with van der Waals surface area (Å²) in [6.45, 7) is 6.21. The molecule has 0 saturated heterocycles. The zero-order valence-electron chi connectivity index (χ0n) is 23.6. The molecule has 0 radical (unpaired) electrons. The third-order valence-corrected chi connectivity index (χ3v) is 8.61. The molecular weight excluding hydrogens is 500 g/mol. The minimum absolute atomic E-state index is 0.308. The fourth-order valence-electron chi connectivity index (χ4n) is 6.41. The van der Waals surface area contributed by atoms with Crippen molar-refractivity contribution in [3.05, 3.63) is 162 Å². The molecule has 1 atom stereocenters. The number of hydrogen-bond donors (Lipinski definition) is 0. The van der Waals surface area contributed by atoms with E-state index in [9.17, 15) is 0 Å². The lowest BCUT2D eigenvalue weighted by molar-refractivity contribution is 0.0630. The van der Waals surface area contributed by atoms with E-state index in [2.05, 4.69) is 169 Å². The van der Waals surface area contributed by atoms with Crippen molar-refractivity contribution in [3.63, 3.8) is 0 Å². The van der Waals surface area contributed by atoms with Crippen LogP contribution in [0.3, 0.4) is 0 Å². The average molecular weight is 535 g/mol. The molecule has 0 fully saturated rings. The molecule has 0 amide bonds. The molecule has 0 aromatic heterocycles. The highest BCUT2D eigenvalue weighted by molar-refractivity contribution is 5.80. The van der Waals surface area contributed by atoms with E-state index in [1.807, 2.05) is 0 Å². The van der Waals surface area contributed by atoms with E-state index in [1.54, 1.807) is 0 Å². The minimum Gasteiger partial charge on any atom is -0.462 e. The van der Waals surface area contributed by atoms with Gasteiger partial charge in [-0.25, -0.2) is 0 Å². The van der Waals surface area contributed by atoms with Crippen LogP contribution in [0.15, 0.2) is 140 Å². The van der Waals surface area contributed by atoms with Crippen LogP contribution in [-0.4, -0.2) is 5.72 Å². The van der Waals surface area contributed by atoms with E-state index in [4.69, 9.17) is 4.74 Å². The second-order valence-corrected chi connectivity index (χ2v) is 11.5. The van der Waals surface area contributed by atoms with Gasteiger partial charge in [0.2, 0.25) is 5.72 Å². The van der Waals surface area contributed by atoms with Crippen LogP contribution in [0.4, 0.5) is 17.1 Å². The van der Waals surface area contributed by atoms with Gasteiger partial charge in [0.1, 0.15) is 5.75 Å². The van der Waals surface area contributed by atoms with Crippen molar-refractivity contribution in [2.45, 2.75) is 38.1 Å². The molecule has 3 heteroatoms. The van der Waals surface area contributed by atoms with Gasteiger partial charge < -0.3 is 9.64 Å². The molecule has 2 aliphatic rings. The maximum atomic E-state index is 7.25. The van der Waals surface area contributed by atoms with Gasteiger partial charge >= 0.3 is 0 Å². The predicted molar refractivity (Wildman–Crippen MR) is 170 cm³/mol. The molecule has 0 bridgehead atoms. The zero-order chi connectivity index (χ0) is 27.9. The molecule has 2 heterocycles. The lowest BCUT2D eigenvalue weighted by atomic mass is 9.76. The molecule has 0 saturated carbocycles. The summed E-state index contributed by atoms with van der Waals surface area (Å²) in [7, 11) is 0. The van der Waals surface area contributed by atoms with Gasteiger partial charge in [-0.2, -0.15) is 0 Å². The Bertz CT molecular complexity index is 1650. The third kappa shape index (κ3) is 4.29. The van der Waals surface area contributed by atoms with Gasteiger partial charge in [-0.1, -0.05) is 97.1 Å². The Labute approximate surface area is 243 Å². The summed E-state index contributed by atoms with van der Waals surface area (Å²) in [4.78, 5) is 4.81. The number of benzene rings is 5. The van der Waals surface area contributed by atoms with Crippen LogP contribution >= 0.6 is 0 Å². The van der Waals surface area contributed by atoms with Crippen LogP contribution in [-0.2, 0) is 18.5 Å². The summed E-state index contributed by atoms with van der Waals surface area (Å²) < 4.78 is 7.25. The van der Waals surface area contributed by atoms with E-state index < -0.39 is 5.72 Å². The zero-order valence-corrected chi connectivity index (χ0v) is 23.6. The molecular formula is C38H34N2O. The molecule has 7 rings (SSSR count). The number of nitrogens with zero attached hydrogens (tertiary/aromatic N) is 2. The molecule has 41 heavy (non-hydrogen) atoms. The van der Waals surface area contributed by atoms with Crippen LogP contribution in [0.1, 0.15) is 36.1 Å². The van der Waals surface area contributed by atoms with E-state index in [1.165, 1.54) is 22.4 Å². The van der Waals surface area contributed by atoms with Gasteiger partial charge in [-0.05, 0) is 73.0 Å². The molecule has 0 N–H and O–H groups in total. The smallest absolute Gasteiger partial charge is 0.216 e. The first kappa shape index (κ1) is 25.2. The molecule has 1 spiro atoms. The highest BCUT2D eigenvalue weighted by Gasteiger charge is 2.59. The second-order valence-electron chi connectivity index (χ2n) is 11.5. The Morgan fingerprint density at radius 1 is 0.659 bits per heavy atom. The Morgan fingerprint density at radius 2 is 1.24 bits per heavy atom. The van der Waals surface area contributed by atoms with Crippen molar-refractivity contribution >= 4 is 23.1 Å². The predicted octanol–water partition coefficient (Wildman–Crippen LogP) is 9.12. The van der Waals surface area contributed by atoms with Gasteiger partial charge in [0, 0.05) is 41.8 Å². The van der Waals surface area contributed by atoms with Gasteiger partial charge in [0.15, 0.2) is 0 Å². The van der Waals surface area contributed by atoms with Crippen molar-refractivity contribution in [1.29, 1.82) is 0 Å². The lowest BCUT2D eigenvalue weighted by Crippen LogP contribution is -2.57. The lowest BCUT2D eigenvalue weighted by Gasteiger charge is -2.47. The number of fused-ring (bicyclic) bond motifs is 2. The van der Waals surface area contributed by atoms with Crippen LogP contribution in [0, 0.1) is 0 Å². The third-order valence-electron chi connectivity index (χ3n) is 8.61. The first-order valence-electron chi connectivity index (χ1n) is 14.4. The van der Waals surface area contributed by atoms with Gasteiger partial charge in [-0.15, -0.1) is 0 Å². The van der Waals surface area contributed by atoms with Crippen molar-refractivity contribution in [3.8, 4) is 5.75 Å². The van der Waals surface area contributed by atoms with Crippen LogP contribution in [0.5, 0.6) is 5.75 Å². The number of para-hydroxylation sites is 2. The molecule has 2 aliphatic heterocycles. The number of hydrogen-bond acceptors (Lipinski definition) is 3. The highest BCUT2D eigenvalue weighted by atomic mass is 16.5. The van der Waals surface area contributed by atoms with Crippen LogP contribution in [0.2, 0.25) is 0 Å². The Morgan fingerprint density at radius 3 is 1.90 bits per heavy atom. The summed E-state index contributed by atoms with van der Waals surface area (Å²) in [5.41, 5.74) is 7.35. The summed E-state index contributed by atoms with van der Waals surface area (Å²) in [6, 6.07) is 47.3. The van der Waals surface area contributed by atoms with Crippen LogP contribution in [0.25, 0.3) is 6.08 Å². The Hall–Kier alpha value is -4.76. The number of rotatable bonds is 6. The summed E-state index contributed by atoms with van der Waals surface area (Å²) >= 11 is 0. The molecule has 1 unspecified atom stereocenters. The molecule has 5 aromatic rings. The largest absolute Gasteiger partial charge is 0.462 e. The standard InChI is InChI=1S/C38H34N2O/c1-37(2)34-20-12-13-21-35(34)40(32-18-10-5-11-19-32)38(37)25-24-31-22-23-33(26-36(31)41-38)39(27-29-14-6-3-7-15-29)28-30-16-8-4-9-17-30/h3-26H,27-28H2,1-2H3. The fourth-order valence-corrected chi connectivity index (χ4v) is 6.41. The fraction of sp³-hybridized carbons (Fsp3) is 0.158. The second kappa shape index (κ2) is 10.0. The van der Waals surface area contributed by atoms with E-state index in [0.717, 1.165) is 35.8 Å². The summed E-state index contributed by atoms with van der Waals surface area (Å²) in [6.07, 6.45) is 4.50. The van der Waals surface area contributed by atoms with Gasteiger partial charge in [0.25, 0.3) is 0 Å². The maximum Gasteiger partial charge on any atom is 0.216 e. The molecule has 202 valence electrons. The van der Waals surface area contributed by atoms with E-state index in [0.29, 0.717) is 0 Å². The summed E-state index contributed by atoms with van der Waals surface area (Å²) in [5, 5.41) is 0. The normalized spacial score (nSPS) is 18.0. The minimum atomic E-state index is -0.715. The van der Waals surface area contributed by atoms with Crippen LogP contribution < -0.4 is 14.5 Å². The molecule has 3 nitrogen and oxygen atoms in total.